The third-order valence-electron chi connectivity index (χ3n) is 4.73. The zero-order valence-electron chi connectivity index (χ0n) is 15.5. The summed E-state index contributed by atoms with van der Waals surface area (Å²) in [5.74, 6) is -0.282. The molecule has 6 nitrogen and oxygen atoms in total. The largest absolute Gasteiger partial charge is 0.372 e. The van der Waals surface area contributed by atoms with Crippen LogP contribution in [0.4, 0.5) is 8.78 Å². The van der Waals surface area contributed by atoms with Gasteiger partial charge in [-0.15, -0.1) is 0 Å². The monoisotopic (exact) mass is 386 g/mol. The van der Waals surface area contributed by atoms with Crippen LogP contribution in [0.2, 0.25) is 0 Å². The molecule has 2 aromatic heterocycles. The highest BCUT2D eigenvalue weighted by Gasteiger charge is 2.29. The van der Waals surface area contributed by atoms with E-state index in [1.54, 1.807) is 17.0 Å². The minimum atomic E-state index is -2.75. The number of nitrogens with zero attached hydrogens (tertiary/aromatic N) is 4. The molecule has 28 heavy (non-hydrogen) atoms. The van der Waals surface area contributed by atoms with Crippen molar-refractivity contribution >= 4 is 11.6 Å². The van der Waals surface area contributed by atoms with E-state index in [0.29, 0.717) is 24.3 Å². The summed E-state index contributed by atoms with van der Waals surface area (Å²) < 4.78 is 34.0. The summed E-state index contributed by atoms with van der Waals surface area (Å²) in [5.41, 5.74) is 1.11. The Hall–Kier alpha value is -2.87. The van der Waals surface area contributed by atoms with Crippen LogP contribution in [0.15, 0.2) is 42.6 Å². The van der Waals surface area contributed by atoms with Gasteiger partial charge in [0.15, 0.2) is 5.65 Å². The molecular formula is C20H20F2N4O2. The van der Waals surface area contributed by atoms with E-state index < -0.39 is 6.43 Å². The highest BCUT2D eigenvalue weighted by Crippen LogP contribution is 2.27. The normalized spacial score (nSPS) is 20.1. The maximum absolute atomic E-state index is 13.7. The smallest absolute Gasteiger partial charge is 0.280 e. The maximum atomic E-state index is 13.7. The van der Waals surface area contributed by atoms with Crippen LogP contribution in [-0.4, -0.2) is 50.7 Å². The fourth-order valence-electron chi connectivity index (χ4n) is 3.56. The quantitative estimate of drug-likeness (QED) is 0.690. The minimum absolute atomic E-state index is 0.0981. The van der Waals surface area contributed by atoms with Crippen LogP contribution in [0.5, 0.6) is 0 Å². The molecule has 1 aliphatic rings. The second kappa shape index (κ2) is 7.27. The molecule has 1 fully saturated rings. The molecule has 1 saturated heterocycles. The van der Waals surface area contributed by atoms with Gasteiger partial charge in [0.2, 0.25) is 0 Å². The Morgan fingerprint density at radius 3 is 2.50 bits per heavy atom. The molecule has 0 spiro atoms. The molecular weight excluding hydrogens is 366 g/mol. The van der Waals surface area contributed by atoms with Gasteiger partial charge in [-0.05, 0) is 19.9 Å². The molecule has 1 amide bonds. The lowest BCUT2D eigenvalue weighted by Gasteiger charge is -2.35. The van der Waals surface area contributed by atoms with Crippen LogP contribution in [0, 0.1) is 0 Å². The third-order valence-corrected chi connectivity index (χ3v) is 4.73. The number of carbonyl (C=O) groups is 1. The second-order valence-electron chi connectivity index (χ2n) is 6.99. The Balaban J connectivity index is 1.81. The number of amides is 1. The van der Waals surface area contributed by atoms with E-state index in [9.17, 15) is 13.6 Å². The Morgan fingerprint density at radius 2 is 1.86 bits per heavy atom. The summed E-state index contributed by atoms with van der Waals surface area (Å²) in [6.07, 6.45) is -1.63. The Bertz CT molecular complexity index is 996. The Labute approximate surface area is 160 Å². The summed E-state index contributed by atoms with van der Waals surface area (Å²) in [7, 11) is 0. The van der Waals surface area contributed by atoms with Crippen LogP contribution in [0.25, 0.3) is 16.9 Å². The van der Waals surface area contributed by atoms with Gasteiger partial charge in [-0.2, -0.15) is 5.10 Å². The standard InChI is InChI=1S/C20H20F2N4O2/c1-12-10-25(11-13(2)28-12)20(27)15-9-23-26-17(18(21)22)8-16(24-19(15)26)14-6-4-3-5-7-14/h3-9,12-13,18H,10-11H2,1-2H3/t12-,13-/m1/s1. The van der Waals surface area contributed by atoms with E-state index in [1.165, 1.54) is 12.3 Å². The Morgan fingerprint density at radius 1 is 1.18 bits per heavy atom. The average molecular weight is 386 g/mol. The lowest BCUT2D eigenvalue weighted by molar-refractivity contribution is -0.0585. The number of aromatic nitrogens is 3. The molecule has 0 saturated carbocycles. The topological polar surface area (TPSA) is 59.7 Å². The van der Waals surface area contributed by atoms with Gasteiger partial charge in [0.25, 0.3) is 12.3 Å². The van der Waals surface area contributed by atoms with Crippen LogP contribution < -0.4 is 0 Å². The number of rotatable bonds is 3. The van der Waals surface area contributed by atoms with Crippen molar-refractivity contribution in [3.8, 4) is 11.3 Å². The number of alkyl halides is 2. The number of fused-ring (bicyclic) bond motifs is 1. The van der Waals surface area contributed by atoms with Crippen molar-refractivity contribution in [2.24, 2.45) is 0 Å². The van der Waals surface area contributed by atoms with Crippen LogP contribution in [-0.2, 0) is 4.74 Å². The van der Waals surface area contributed by atoms with Crippen molar-refractivity contribution < 1.29 is 18.3 Å². The van der Waals surface area contributed by atoms with Gasteiger partial charge < -0.3 is 9.64 Å². The summed E-state index contributed by atoms with van der Waals surface area (Å²) in [5, 5.41) is 4.02. The third kappa shape index (κ3) is 3.35. The molecule has 0 N–H and O–H groups in total. The molecule has 4 rings (SSSR count). The second-order valence-corrected chi connectivity index (χ2v) is 6.99. The molecule has 1 aliphatic heterocycles. The molecule has 146 valence electrons. The first-order valence-corrected chi connectivity index (χ1v) is 9.11. The molecule has 3 aromatic rings. The zero-order valence-corrected chi connectivity index (χ0v) is 15.5. The van der Waals surface area contributed by atoms with Crippen molar-refractivity contribution in [1.29, 1.82) is 0 Å². The van der Waals surface area contributed by atoms with Gasteiger partial charge >= 0.3 is 0 Å². The fourth-order valence-corrected chi connectivity index (χ4v) is 3.56. The summed E-state index contributed by atoms with van der Waals surface area (Å²) in [6.45, 7) is 4.65. The fraction of sp³-hybridized carbons (Fsp3) is 0.350. The molecule has 0 aliphatic carbocycles. The molecule has 0 radical (unpaired) electrons. The first-order chi connectivity index (χ1) is 13.4. The zero-order chi connectivity index (χ0) is 19.8. The van der Waals surface area contributed by atoms with Crippen LogP contribution >= 0.6 is 0 Å². The van der Waals surface area contributed by atoms with Crippen LogP contribution in [0.1, 0.15) is 36.3 Å². The van der Waals surface area contributed by atoms with Crippen LogP contribution in [0.3, 0.4) is 0 Å². The van der Waals surface area contributed by atoms with Crippen molar-refractivity contribution in [1.82, 2.24) is 19.5 Å². The first-order valence-electron chi connectivity index (χ1n) is 9.11. The van der Waals surface area contributed by atoms with Gasteiger partial charge in [-0.3, -0.25) is 4.79 Å². The predicted octanol–water partition coefficient (Wildman–Crippen LogP) is 3.58. The van der Waals surface area contributed by atoms with E-state index in [2.05, 4.69) is 10.1 Å². The molecule has 2 atom stereocenters. The lowest BCUT2D eigenvalue weighted by Crippen LogP contribution is -2.48. The van der Waals surface area contributed by atoms with Gasteiger partial charge in [-0.25, -0.2) is 18.3 Å². The number of morpholine rings is 1. The number of hydrogen-bond acceptors (Lipinski definition) is 4. The van der Waals surface area contributed by atoms with Gasteiger partial charge in [0.1, 0.15) is 11.3 Å². The van der Waals surface area contributed by atoms with Crippen molar-refractivity contribution in [2.75, 3.05) is 13.1 Å². The number of benzene rings is 1. The molecule has 3 heterocycles. The average Bonchev–Trinajstić information content (AvgIpc) is 3.10. The van der Waals surface area contributed by atoms with E-state index in [-0.39, 0.29) is 35.0 Å². The molecule has 0 bridgehead atoms. The first kappa shape index (κ1) is 18.5. The van der Waals surface area contributed by atoms with Crippen molar-refractivity contribution in [3.63, 3.8) is 0 Å². The molecule has 0 unspecified atom stereocenters. The van der Waals surface area contributed by atoms with E-state index in [1.807, 2.05) is 32.0 Å². The lowest BCUT2D eigenvalue weighted by atomic mass is 10.1. The predicted molar refractivity (Wildman–Crippen MR) is 99.3 cm³/mol. The summed E-state index contributed by atoms with van der Waals surface area (Å²) in [6, 6.07) is 10.3. The maximum Gasteiger partial charge on any atom is 0.280 e. The van der Waals surface area contributed by atoms with E-state index in [0.717, 1.165) is 4.52 Å². The Kier molecular flexibility index (Phi) is 4.80. The van der Waals surface area contributed by atoms with Gasteiger partial charge in [-0.1, -0.05) is 30.3 Å². The number of carbonyl (C=O) groups excluding carboxylic acids is 1. The van der Waals surface area contributed by atoms with E-state index in [4.69, 9.17) is 4.74 Å². The van der Waals surface area contributed by atoms with Gasteiger partial charge in [0, 0.05) is 18.7 Å². The molecule has 1 aromatic carbocycles. The van der Waals surface area contributed by atoms with Crippen molar-refractivity contribution in [2.45, 2.75) is 32.5 Å². The summed E-state index contributed by atoms with van der Waals surface area (Å²) >= 11 is 0. The molecule has 8 heteroatoms. The minimum Gasteiger partial charge on any atom is -0.372 e. The highest BCUT2D eigenvalue weighted by atomic mass is 19.3. The SMILES string of the molecule is C[C@@H]1CN(C(=O)c2cnn3c(C(F)F)cc(-c4ccccc4)nc23)C[C@@H](C)O1. The van der Waals surface area contributed by atoms with E-state index >= 15 is 0 Å². The number of halogens is 2. The number of ether oxygens (including phenoxy) is 1. The highest BCUT2D eigenvalue weighted by molar-refractivity contribution is 6.00. The van der Waals surface area contributed by atoms with Crippen molar-refractivity contribution in [3.05, 3.63) is 53.9 Å². The number of hydrogen-bond donors (Lipinski definition) is 0. The summed E-state index contributed by atoms with van der Waals surface area (Å²) in [4.78, 5) is 19.2. The van der Waals surface area contributed by atoms with Gasteiger partial charge in [0.05, 0.1) is 24.1 Å².